The number of hydrogen-bond acceptors (Lipinski definition) is 2. The summed E-state index contributed by atoms with van der Waals surface area (Å²) in [5, 5.41) is 0. The molecule has 1 atom stereocenters. The SMILES string of the molecule is C=CP(=O)(O)OC(C)(C)Cc1ccccc1. The largest absolute Gasteiger partial charge is 0.351 e. The van der Waals surface area contributed by atoms with E-state index in [2.05, 4.69) is 6.58 Å². The van der Waals surface area contributed by atoms with Crippen LogP contribution < -0.4 is 0 Å². The van der Waals surface area contributed by atoms with Crippen LogP contribution in [-0.2, 0) is 15.5 Å². The van der Waals surface area contributed by atoms with Crippen LogP contribution >= 0.6 is 7.60 Å². The first kappa shape index (κ1) is 13.2. The third-order valence-electron chi connectivity index (χ3n) is 2.08. The first-order valence-electron chi connectivity index (χ1n) is 5.05. The van der Waals surface area contributed by atoms with Crippen LogP contribution in [0.15, 0.2) is 42.7 Å². The smallest absolute Gasteiger partial charge is 0.321 e. The quantitative estimate of drug-likeness (QED) is 0.803. The van der Waals surface area contributed by atoms with E-state index in [9.17, 15) is 9.46 Å². The molecule has 0 aliphatic heterocycles. The highest BCUT2D eigenvalue weighted by Crippen LogP contribution is 2.47. The van der Waals surface area contributed by atoms with Gasteiger partial charge < -0.3 is 4.89 Å². The van der Waals surface area contributed by atoms with E-state index < -0.39 is 13.2 Å². The normalized spacial score (nSPS) is 15.4. The highest BCUT2D eigenvalue weighted by Gasteiger charge is 2.28. The van der Waals surface area contributed by atoms with Crippen molar-refractivity contribution < 1.29 is 14.0 Å². The second-order valence-corrected chi connectivity index (χ2v) is 5.94. The zero-order valence-corrected chi connectivity index (χ0v) is 10.5. The molecule has 0 radical (unpaired) electrons. The van der Waals surface area contributed by atoms with Gasteiger partial charge in [-0.1, -0.05) is 36.9 Å². The molecule has 0 aliphatic carbocycles. The molecule has 0 amide bonds. The monoisotopic (exact) mass is 240 g/mol. The van der Waals surface area contributed by atoms with Crippen LogP contribution in [0.4, 0.5) is 0 Å². The van der Waals surface area contributed by atoms with E-state index in [-0.39, 0.29) is 0 Å². The standard InChI is InChI=1S/C12H17O3P/c1-4-16(13,14)15-12(2,3)10-11-8-6-5-7-9-11/h4-9H,1,10H2,2-3H3,(H,13,14). The Bertz CT molecular complexity index is 398. The van der Waals surface area contributed by atoms with Crippen LogP contribution in [0.5, 0.6) is 0 Å². The number of hydrogen-bond donors (Lipinski definition) is 1. The summed E-state index contributed by atoms with van der Waals surface area (Å²) >= 11 is 0. The molecule has 1 aromatic rings. The van der Waals surface area contributed by atoms with E-state index in [0.717, 1.165) is 11.4 Å². The molecule has 0 aromatic heterocycles. The van der Waals surface area contributed by atoms with Gasteiger partial charge in [-0.15, -0.1) is 0 Å². The fourth-order valence-corrected chi connectivity index (χ4v) is 2.36. The Hall–Kier alpha value is -0.890. The van der Waals surface area contributed by atoms with Gasteiger partial charge in [-0.25, -0.2) is 0 Å². The maximum absolute atomic E-state index is 11.4. The highest BCUT2D eigenvalue weighted by atomic mass is 31.2. The summed E-state index contributed by atoms with van der Waals surface area (Å²) in [6, 6.07) is 9.70. The van der Waals surface area contributed by atoms with Crippen molar-refractivity contribution in [1.29, 1.82) is 0 Å². The lowest BCUT2D eigenvalue weighted by Gasteiger charge is -2.26. The highest BCUT2D eigenvalue weighted by molar-refractivity contribution is 7.56. The van der Waals surface area contributed by atoms with Crippen LogP contribution in [0.2, 0.25) is 0 Å². The fourth-order valence-electron chi connectivity index (χ4n) is 1.51. The predicted octanol–water partition coefficient (Wildman–Crippen LogP) is 3.35. The summed E-state index contributed by atoms with van der Waals surface area (Å²) < 4.78 is 16.6. The minimum absolute atomic E-state index is 0.576. The maximum atomic E-state index is 11.4. The Labute approximate surface area is 96.3 Å². The molecule has 4 heteroatoms. The molecule has 0 saturated heterocycles. The summed E-state index contributed by atoms with van der Waals surface area (Å²) in [5.41, 5.74) is 0.372. The molecule has 0 bridgehead atoms. The minimum Gasteiger partial charge on any atom is -0.321 e. The lowest BCUT2D eigenvalue weighted by Crippen LogP contribution is -2.25. The predicted molar refractivity (Wildman–Crippen MR) is 65.3 cm³/mol. The van der Waals surface area contributed by atoms with Crippen LogP contribution in [0.1, 0.15) is 19.4 Å². The van der Waals surface area contributed by atoms with E-state index >= 15 is 0 Å². The van der Waals surface area contributed by atoms with Gasteiger partial charge in [0.15, 0.2) is 0 Å². The Morgan fingerprint density at radius 2 is 2.00 bits per heavy atom. The van der Waals surface area contributed by atoms with E-state index in [0.29, 0.717) is 6.42 Å². The van der Waals surface area contributed by atoms with E-state index in [1.54, 1.807) is 13.8 Å². The second-order valence-electron chi connectivity index (χ2n) is 4.26. The molecule has 1 rings (SSSR count). The Balaban J connectivity index is 2.73. The van der Waals surface area contributed by atoms with Gasteiger partial charge in [-0.2, -0.15) is 0 Å². The van der Waals surface area contributed by atoms with Crippen molar-refractivity contribution >= 4 is 7.60 Å². The lowest BCUT2D eigenvalue weighted by atomic mass is 9.99. The van der Waals surface area contributed by atoms with Crippen molar-refractivity contribution in [1.82, 2.24) is 0 Å². The minimum atomic E-state index is -3.67. The van der Waals surface area contributed by atoms with E-state index in [4.69, 9.17) is 4.52 Å². The van der Waals surface area contributed by atoms with Gasteiger partial charge in [0.2, 0.25) is 0 Å². The maximum Gasteiger partial charge on any atom is 0.351 e. The average Bonchev–Trinajstić information content (AvgIpc) is 2.17. The first-order valence-corrected chi connectivity index (χ1v) is 6.70. The summed E-state index contributed by atoms with van der Waals surface area (Å²) in [5.74, 6) is 0.958. The van der Waals surface area contributed by atoms with Crippen molar-refractivity contribution in [2.24, 2.45) is 0 Å². The van der Waals surface area contributed by atoms with Crippen LogP contribution in [0.3, 0.4) is 0 Å². The summed E-state index contributed by atoms with van der Waals surface area (Å²) in [7, 11) is -3.67. The van der Waals surface area contributed by atoms with Crippen LogP contribution in [0.25, 0.3) is 0 Å². The third kappa shape index (κ3) is 4.31. The molecule has 88 valence electrons. The van der Waals surface area contributed by atoms with Crippen LogP contribution in [0, 0.1) is 0 Å². The van der Waals surface area contributed by atoms with Crippen LogP contribution in [-0.4, -0.2) is 10.5 Å². The van der Waals surface area contributed by atoms with Crippen molar-refractivity contribution in [2.45, 2.75) is 25.9 Å². The molecule has 1 aromatic carbocycles. The molecule has 1 unspecified atom stereocenters. The van der Waals surface area contributed by atoms with E-state index in [1.165, 1.54) is 0 Å². The van der Waals surface area contributed by atoms with Gasteiger partial charge >= 0.3 is 7.60 Å². The van der Waals surface area contributed by atoms with E-state index in [1.807, 2.05) is 30.3 Å². The second kappa shape index (κ2) is 4.96. The van der Waals surface area contributed by atoms with Gasteiger partial charge in [0.1, 0.15) is 0 Å². The van der Waals surface area contributed by atoms with Gasteiger partial charge in [-0.3, -0.25) is 9.09 Å². The topological polar surface area (TPSA) is 46.5 Å². The van der Waals surface area contributed by atoms with Crippen molar-refractivity contribution in [3.63, 3.8) is 0 Å². The molecule has 1 N–H and O–H groups in total. The fraction of sp³-hybridized carbons (Fsp3) is 0.333. The Morgan fingerprint density at radius 1 is 1.44 bits per heavy atom. The molecular formula is C12H17O3P. The van der Waals surface area contributed by atoms with Crippen molar-refractivity contribution in [2.75, 3.05) is 0 Å². The molecule has 0 spiro atoms. The van der Waals surface area contributed by atoms with Gasteiger partial charge in [0.25, 0.3) is 0 Å². The number of rotatable bonds is 5. The Kier molecular flexibility index (Phi) is 4.09. The molecular weight excluding hydrogens is 223 g/mol. The van der Waals surface area contributed by atoms with Gasteiger partial charge in [0.05, 0.1) is 5.60 Å². The summed E-state index contributed by atoms with van der Waals surface area (Å²) in [4.78, 5) is 9.35. The molecule has 0 heterocycles. The summed E-state index contributed by atoms with van der Waals surface area (Å²) in [6.07, 6.45) is 0.576. The zero-order chi connectivity index (χ0) is 12.2. The molecule has 0 saturated carbocycles. The Morgan fingerprint density at radius 3 is 2.50 bits per heavy atom. The number of benzene rings is 1. The average molecular weight is 240 g/mol. The summed E-state index contributed by atoms with van der Waals surface area (Å²) in [6.45, 7) is 6.85. The molecule has 0 aliphatic rings. The van der Waals surface area contributed by atoms with Gasteiger partial charge in [-0.05, 0) is 19.4 Å². The molecule has 0 fully saturated rings. The lowest BCUT2D eigenvalue weighted by molar-refractivity contribution is 0.0967. The molecule has 3 nitrogen and oxygen atoms in total. The van der Waals surface area contributed by atoms with Gasteiger partial charge in [0, 0.05) is 12.2 Å². The van der Waals surface area contributed by atoms with Crippen molar-refractivity contribution in [3.8, 4) is 0 Å². The first-order chi connectivity index (χ1) is 7.35. The third-order valence-corrected chi connectivity index (χ3v) is 3.30. The van der Waals surface area contributed by atoms with Crippen molar-refractivity contribution in [3.05, 3.63) is 48.3 Å². The zero-order valence-electron chi connectivity index (χ0n) is 9.59. The molecule has 16 heavy (non-hydrogen) atoms.